The Hall–Kier alpha value is -1.25. The van der Waals surface area contributed by atoms with Crippen LogP contribution >= 0.6 is 9.30 Å². The van der Waals surface area contributed by atoms with Crippen LogP contribution in [0.1, 0.15) is 16.8 Å². The van der Waals surface area contributed by atoms with Gasteiger partial charge >= 0.3 is 41.0 Å². The van der Waals surface area contributed by atoms with Gasteiger partial charge in [0.25, 0.3) is 0 Å². The number of rotatable bonds is 2. The number of hydrogen-bond donors (Lipinski definition) is 0. The Bertz CT molecular complexity index is 617. The Morgan fingerprint density at radius 1 is 0.957 bits per heavy atom. The first-order valence-electron chi connectivity index (χ1n) is 5.76. The number of hydrogen-bond acceptors (Lipinski definition) is 1. The summed E-state index contributed by atoms with van der Waals surface area (Å²) in [7, 11) is 4.64. The van der Waals surface area contributed by atoms with Crippen LogP contribution in [0, 0.1) is 0 Å². The van der Waals surface area contributed by atoms with Gasteiger partial charge in [-0.1, -0.05) is 12.1 Å². The van der Waals surface area contributed by atoms with Crippen molar-refractivity contribution < 1.29 is 45.7 Å². The molecule has 0 atom stereocenters. The molecule has 23 heavy (non-hydrogen) atoms. The van der Waals surface area contributed by atoms with Gasteiger partial charge < -0.3 is 4.98 Å². The van der Waals surface area contributed by atoms with E-state index in [0.29, 0.717) is 17.8 Å². The first-order chi connectivity index (χ1) is 10.7. The van der Waals surface area contributed by atoms with Crippen molar-refractivity contribution in [2.24, 2.45) is 4.99 Å². The van der Waals surface area contributed by atoms with E-state index in [1.54, 1.807) is 6.07 Å². The molecule has 0 N–H and O–H groups in total. The minimum atomic E-state index is -4.88. The second kappa shape index (κ2) is 8.03. The molecule has 0 amide bonds. The van der Waals surface area contributed by atoms with Crippen molar-refractivity contribution >= 4 is 21.2 Å². The Morgan fingerprint density at radius 2 is 1.48 bits per heavy atom. The van der Waals surface area contributed by atoms with E-state index in [1.807, 2.05) is 0 Å². The molecular weight excluding hydrogens is 381 g/mol. The van der Waals surface area contributed by atoms with Gasteiger partial charge in [-0.3, -0.25) is 4.99 Å². The van der Waals surface area contributed by atoms with Gasteiger partial charge in [-0.05, 0) is 18.2 Å². The van der Waals surface area contributed by atoms with Gasteiger partial charge in [0, 0.05) is 6.21 Å². The van der Waals surface area contributed by atoms with Crippen LogP contribution in [-0.4, -0.2) is 6.21 Å². The fourth-order valence-corrected chi connectivity index (χ4v) is 1.54. The van der Waals surface area contributed by atoms with Crippen molar-refractivity contribution in [3.63, 3.8) is 0 Å². The summed E-state index contributed by atoms with van der Waals surface area (Å²) in [6.07, 6.45) is -7.25. The van der Waals surface area contributed by atoms with Crippen LogP contribution in [-0.2, 0) is 31.7 Å². The van der Waals surface area contributed by atoms with E-state index in [1.165, 1.54) is 31.6 Å². The molecule has 122 valence electrons. The summed E-state index contributed by atoms with van der Waals surface area (Å²) < 4.78 is 75.7. The first-order valence-corrected chi connectivity index (χ1v) is 7.91. The van der Waals surface area contributed by atoms with Crippen molar-refractivity contribution in [1.82, 2.24) is 4.98 Å². The Labute approximate surface area is 142 Å². The average Bonchev–Trinajstić information content (AvgIpc) is 2.98. The van der Waals surface area contributed by atoms with Crippen molar-refractivity contribution in [3.05, 3.63) is 53.3 Å². The summed E-state index contributed by atoms with van der Waals surface area (Å²) in [5.74, 6) is 0. The van der Waals surface area contributed by atoms with Crippen molar-refractivity contribution in [2.45, 2.75) is 12.4 Å². The number of aromatic nitrogens is 1. The van der Waals surface area contributed by atoms with Crippen LogP contribution in [0.5, 0.6) is 0 Å². The van der Waals surface area contributed by atoms with Crippen molar-refractivity contribution in [1.29, 1.82) is 0 Å². The van der Waals surface area contributed by atoms with E-state index in [4.69, 9.17) is 0 Å². The van der Waals surface area contributed by atoms with Gasteiger partial charge in [-0.25, -0.2) is 0 Å². The molecule has 0 unspecified atom stereocenters. The number of aliphatic imine (C=N–C) groups is 1. The fourth-order valence-electron chi connectivity index (χ4n) is 1.54. The third-order valence-corrected chi connectivity index (χ3v) is 2.49. The van der Waals surface area contributed by atoms with Crippen LogP contribution < -0.4 is 4.98 Å². The number of benzene rings is 1. The molecule has 2 nitrogen and oxygen atoms in total. The van der Waals surface area contributed by atoms with Gasteiger partial charge in [-0.2, -0.15) is 32.5 Å². The molecule has 0 aliphatic carbocycles. The van der Waals surface area contributed by atoms with Gasteiger partial charge in [0.15, 0.2) is 0 Å². The van der Waals surface area contributed by atoms with Crippen molar-refractivity contribution in [2.75, 3.05) is 0 Å². The summed E-state index contributed by atoms with van der Waals surface area (Å²) >= 11 is 1.47. The fraction of sp³-hybridized carbons (Fsp3) is 0.154. The molecule has 0 fully saturated rings. The topological polar surface area (TPSA) is 26.5 Å². The monoisotopic (exact) mass is 388 g/mol. The van der Waals surface area contributed by atoms with E-state index in [9.17, 15) is 26.3 Å². The molecule has 10 heteroatoms. The summed E-state index contributed by atoms with van der Waals surface area (Å²) in [6.45, 7) is 0. The first kappa shape index (κ1) is 19.8. The maximum atomic E-state index is 12.6. The molecule has 0 radical (unpaired) electrons. The zero-order chi connectivity index (χ0) is 17.7. The third-order valence-electron chi connectivity index (χ3n) is 2.49. The van der Waals surface area contributed by atoms with Gasteiger partial charge in [0.05, 0.1) is 16.8 Å². The predicted octanol–water partition coefficient (Wildman–Crippen LogP) is 5.12. The molecule has 0 aliphatic rings. The quantitative estimate of drug-likeness (QED) is 0.398. The molecule has 1 aromatic carbocycles. The van der Waals surface area contributed by atoms with Crippen LogP contribution in [0.25, 0.3) is 0 Å². The molecule has 0 saturated heterocycles. The number of halogens is 7. The Balaban J connectivity index is 0.00000127. The summed E-state index contributed by atoms with van der Waals surface area (Å²) in [5.41, 5.74) is -2.92. The molecule has 0 saturated carbocycles. The molecule has 1 aromatic heterocycles. The summed E-state index contributed by atoms with van der Waals surface area (Å²) in [4.78, 5) is 7.39. The van der Waals surface area contributed by atoms with Gasteiger partial charge in [0.1, 0.15) is 0 Å². The zero-order valence-corrected chi connectivity index (χ0v) is 13.4. The van der Waals surface area contributed by atoms with Crippen LogP contribution in [0.3, 0.4) is 0 Å². The minimum absolute atomic E-state index is 0.0553. The summed E-state index contributed by atoms with van der Waals surface area (Å²) in [6, 6.07) is 4.24. The normalized spacial score (nSPS) is 12.1. The SMILES string of the molecule is FC(F)(F)c1cc(N=Cc2ccc[n-]2)cc(C(F)(F)F)c1.[Cl][Ti+]. The van der Waals surface area contributed by atoms with Crippen LogP contribution in [0.4, 0.5) is 32.0 Å². The zero-order valence-electron chi connectivity index (χ0n) is 11.1. The molecular formula is C13H7ClF6N2Ti. The Morgan fingerprint density at radius 3 is 1.87 bits per heavy atom. The van der Waals surface area contributed by atoms with E-state index in [2.05, 4.69) is 19.3 Å². The molecule has 1 heterocycles. The molecule has 0 bridgehead atoms. The second-order valence-electron chi connectivity index (χ2n) is 4.08. The maximum absolute atomic E-state index is 12.6. The number of alkyl halides is 6. The molecule has 2 aromatic rings. The van der Waals surface area contributed by atoms with E-state index in [-0.39, 0.29) is 6.07 Å². The third kappa shape index (κ3) is 6.04. The molecule has 0 aliphatic heterocycles. The average molecular weight is 389 g/mol. The standard InChI is InChI=1S/C13H7F6N2.ClH.Ti/c14-12(15,16)8-4-9(13(17,18)19)6-11(5-8)21-7-10-2-1-3-20-10;;/h1-7H;1H;/q-1;;+2/p-1. The van der Waals surface area contributed by atoms with E-state index >= 15 is 0 Å². The predicted molar refractivity (Wildman–Crippen MR) is 69.3 cm³/mol. The van der Waals surface area contributed by atoms with E-state index in [0.717, 1.165) is 6.21 Å². The van der Waals surface area contributed by atoms with Gasteiger partial charge in [-0.15, -0.1) is 5.69 Å². The Kier molecular flexibility index (Phi) is 6.91. The molecule has 2 rings (SSSR count). The summed E-state index contributed by atoms with van der Waals surface area (Å²) in [5, 5.41) is 0. The molecule has 0 spiro atoms. The van der Waals surface area contributed by atoms with Crippen LogP contribution in [0.2, 0.25) is 0 Å². The second-order valence-corrected chi connectivity index (χ2v) is 4.08. The number of nitrogens with zero attached hydrogens (tertiary/aromatic N) is 2. The van der Waals surface area contributed by atoms with Gasteiger partial charge in [0.2, 0.25) is 0 Å². The van der Waals surface area contributed by atoms with Crippen molar-refractivity contribution in [3.8, 4) is 0 Å². The van der Waals surface area contributed by atoms with Crippen LogP contribution in [0.15, 0.2) is 41.5 Å². The van der Waals surface area contributed by atoms with E-state index < -0.39 is 29.2 Å².